The lowest BCUT2D eigenvalue weighted by Crippen LogP contribution is -2.41. The molecule has 1 aromatic carbocycles. The molecule has 0 aliphatic carbocycles. The highest BCUT2D eigenvalue weighted by molar-refractivity contribution is 7.91. The maximum Gasteiger partial charge on any atom is 0.262 e. The summed E-state index contributed by atoms with van der Waals surface area (Å²) in [5.74, 6) is 0.598. The second-order valence-corrected chi connectivity index (χ2v) is 9.69. The summed E-state index contributed by atoms with van der Waals surface area (Å²) in [6, 6.07) is 5.32. The third kappa shape index (κ3) is 7.77. The fraction of sp³-hybridized carbons (Fsp3) is 0.500. The average molecular weight is 425 g/mol. The van der Waals surface area contributed by atoms with Crippen LogP contribution in [0.1, 0.15) is 32.3 Å². The largest absolute Gasteiger partial charge is 0.493 e. The van der Waals surface area contributed by atoms with Gasteiger partial charge in [-0.05, 0) is 42.0 Å². The first-order chi connectivity index (χ1) is 13.7. The molecule has 1 saturated heterocycles. The molecule has 160 valence electrons. The number of sulfone groups is 1. The van der Waals surface area contributed by atoms with Crippen molar-refractivity contribution in [3.63, 3.8) is 0 Å². The molecule has 29 heavy (non-hydrogen) atoms. The number of carbonyl (C=O) groups excluding carboxylic acids is 2. The normalized spacial score (nSPS) is 18.0. The smallest absolute Gasteiger partial charge is 0.262 e. The van der Waals surface area contributed by atoms with Gasteiger partial charge in [-0.3, -0.25) is 20.4 Å². The molecule has 2 rings (SSSR count). The number of methoxy groups -OCH3 is 1. The Balaban J connectivity index is 1.83. The van der Waals surface area contributed by atoms with Gasteiger partial charge in [0.2, 0.25) is 5.91 Å². The molecule has 1 aliphatic heterocycles. The zero-order valence-corrected chi connectivity index (χ0v) is 17.8. The molecule has 1 aromatic rings. The fourth-order valence-electron chi connectivity index (χ4n) is 2.85. The lowest BCUT2D eigenvalue weighted by atomic mass is 10.1. The third-order valence-electron chi connectivity index (χ3n) is 4.31. The number of ether oxygens (including phenoxy) is 2. The van der Waals surface area contributed by atoms with Gasteiger partial charge in [-0.1, -0.05) is 19.9 Å². The van der Waals surface area contributed by atoms with Crippen LogP contribution in [0.15, 0.2) is 24.3 Å². The number of rotatable bonds is 8. The van der Waals surface area contributed by atoms with Gasteiger partial charge in [0.05, 0.1) is 25.2 Å². The van der Waals surface area contributed by atoms with Crippen LogP contribution < -0.4 is 20.3 Å². The molecule has 9 heteroatoms. The molecule has 0 spiro atoms. The minimum atomic E-state index is -3.03. The number of benzene rings is 1. The van der Waals surface area contributed by atoms with Crippen molar-refractivity contribution < 1.29 is 27.5 Å². The molecular formula is C20H28N2O6S. The van der Waals surface area contributed by atoms with Crippen LogP contribution in [0.5, 0.6) is 11.5 Å². The highest BCUT2D eigenvalue weighted by Gasteiger charge is 2.29. The number of nitrogens with one attached hydrogen (secondary N) is 2. The van der Waals surface area contributed by atoms with Crippen molar-refractivity contribution in [2.75, 3.05) is 25.2 Å². The molecule has 0 saturated carbocycles. The predicted molar refractivity (Wildman–Crippen MR) is 110 cm³/mol. The van der Waals surface area contributed by atoms with Crippen LogP contribution in [0.25, 0.3) is 6.08 Å². The van der Waals surface area contributed by atoms with E-state index in [1.807, 2.05) is 0 Å². The predicted octanol–water partition coefficient (Wildman–Crippen LogP) is 1.72. The summed E-state index contributed by atoms with van der Waals surface area (Å²) in [6.07, 6.45) is 3.41. The molecule has 2 amide bonds. The molecule has 0 aromatic heterocycles. The minimum absolute atomic E-state index is 0.0208. The summed E-state index contributed by atoms with van der Waals surface area (Å²) in [4.78, 5) is 23.7. The Labute approximate surface area is 171 Å². The Kier molecular flexibility index (Phi) is 8.07. The van der Waals surface area contributed by atoms with E-state index >= 15 is 0 Å². The van der Waals surface area contributed by atoms with Crippen LogP contribution in [-0.2, 0) is 19.4 Å². The molecule has 8 nitrogen and oxygen atoms in total. The second kappa shape index (κ2) is 10.3. The lowest BCUT2D eigenvalue weighted by molar-refractivity contribution is -0.127. The third-order valence-corrected chi connectivity index (χ3v) is 6.15. The van der Waals surface area contributed by atoms with Crippen LogP contribution in [0.3, 0.4) is 0 Å². The van der Waals surface area contributed by atoms with E-state index in [0.29, 0.717) is 30.4 Å². The molecule has 1 heterocycles. The van der Waals surface area contributed by atoms with Gasteiger partial charge in [0.25, 0.3) is 5.91 Å². The molecule has 1 fully saturated rings. The van der Waals surface area contributed by atoms with Crippen molar-refractivity contribution in [1.82, 2.24) is 10.9 Å². The van der Waals surface area contributed by atoms with Crippen LogP contribution in [0.2, 0.25) is 0 Å². The SMILES string of the molecule is COc1cc(/C=C/C(=O)NNC(=O)C[C@@H]2CCS(=O)(=O)C2)ccc1OCC(C)C. The first-order valence-electron chi connectivity index (χ1n) is 9.46. The van der Waals surface area contributed by atoms with Crippen LogP contribution >= 0.6 is 0 Å². The highest BCUT2D eigenvalue weighted by atomic mass is 32.2. The van der Waals surface area contributed by atoms with E-state index in [-0.39, 0.29) is 23.8 Å². The van der Waals surface area contributed by atoms with Gasteiger partial charge in [0, 0.05) is 12.5 Å². The molecule has 0 unspecified atom stereocenters. The van der Waals surface area contributed by atoms with Gasteiger partial charge < -0.3 is 9.47 Å². The van der Waals surface area contributed by atoms with E-state index < -0.39 is 21.7 Å². The van der Waals surface area contributed by atoms with E-state index in [9.17, 15) is 18.0 Å². The Hall–Kier alpha value is -2.55. The van der Waals surface area contributed by atoms with Crippen molar-refractivity contribution in [3.8, 4) is 11.5 Å². The standard InChI is InChI=1S/C20H28N2O6S/c1-14(2)12-28-17-6-4-15(10-18(17)27-3)5-7-19(23)21-22-20(24)11-16-8-9-29(25,26)13-16/h4-7,10,14,16H,8-9,11-13H2,1-3H3,(H,21,23)(H,22,24)/b7-5+/t16-/m0/s1. The number of hydrogen-bond acceptors (Lipinski definition) is 6. The van der Waals surface area contributed by atoms with Crippen molar-refractivity contribution in [2.24, 2.45) is 11.8 Å². The monoisotopic (exact) mass is 424 g/mol. The summed E-state index contributed by atoms with van der Waals surface area (Å²) in [6.45, 7) is 4.67. The first-order valence-corrected chi connectivity index (χ1v) is 11.3. The molecule has 2 N–H and O–H groups in total. The van der Waals surface area contributed by atoms with E-state index in [4.69, 9.17) is 9.47 Å². The summed E-state index contributed by atoms with van der Waals surface area (Å²) in [5, 5.41) is 0. The van der Waals surface area contributed by atoms with E-state index in [1.165, 1.54) is 6.08 Å². The second-order valence-electron chi connectivity index (χ2n) is 7.46. The van der Waals surface area contributed by atoms with Crippen LogP contribution in [-0.4, -0.2) is 45.5 Å². The maximum atomic E-state index is 11.9. The van der Waals surface area contributed by atoms with Gasteiger partial charge in [0.1, 0.15) is 0 Å². The zero-order chi connectivity index (χ0) is 21.4. The Morgan fingerprint density at radius 3 is 2.62 bits per heavy atom. The zero-order valence-electron chi connectivity index (χ0n) is 16.9. The summed E-state index contributed by atoms with van der Waals surface area (Å²) >= 11 is 0. The highest BCUT2D eigenvalue weighted by Crippen LogP contribution is 2.29. The molecule has 1 aliphatic rings. The lowest BCUT2D eigenvalue weighted by Gasteiger charge is -2.12. The minimum Gasteiger partial charge on any atom is -0.493 e. The van der Waals surface area contributed by atoms with Gasteiger partial charge in [-0.25, -0.2) is 8.42 Å². The maximum absolute atomic E-state index is 11.9. The van der Waals surface area contributed by atoms with E-state index in [0.717, 1.165) is 5.56 Å². The van der Waals surface area contributed by atoms with Crippen molar-refractivity contribution in [1.29, 1.82) is 0 Å². The number of hydrogen-bond donors (Lipinski definition) is 2. The van der Waals surface area contributed by atoms with Crippen molar-refractivity contribution in [2.45, 2.75) is 26.7 Å². The number of hydrazine groups is 1. The molecular weight excluding hydrogens is 396 g/mol. The molecule has 0 radical (unpaired) electrons. The van der Waals surface area contributed by atoms with Crippen LogP contribution in [0.4, 0.5) is 0 Å². The van der Waals surface area contributed by atoms with Gasteiger partial charge in [-0.2, -0.15) is 0 Å². The Morgan fingerprint density at radius 1 is 1.24 bits per heavy atom. The van der Waals surface area contributed by atoms with Gasteiger partial charge in [-0.15, -0.1) is 0 Å². The number of carbonyl (C=O) groups is 2. The first kappa shape index (κ1) is 22.7. The fourth-order valence-corrected chi connectivity index (χ4v) is 4.72. The topological polar surface area (TPSA) is 111 Å². The molecule has 1 atom stereocenters. The average Bonchev–Trinajstić information content (AvgIpc) is 3.01. The summed E-state index contributed by atoms with van der Waals surface area (Å²) in [5.41, 5.74) is 5.32. The van der Waals surface area contributed by atoms with Gasteiger partial charge in [0.15, 0.2) is 21.3 Å². The van der Waals surface area contributed by atoms with Crippen molar-refractivity contribution >= 4 is 27.7 Å². The van der Waals surface area contributed by atoms with Crippen molar-refractivity contribution in [3.05, 3.63) is 29.8 Å². The summed E-state index contributed by atoms with van der Waals surface area (Å²) in [7, 11) is -1.48. The quantitative estimate of drug-likeness (QED) is 0.486. The Morgan fingerprint density at radius 2 is 2.00 bits per heavy atom. The number of amides is 2. The molecule has 0 bridgehead atoms. The van der Waals surface area contributed by atoms with E-state index in [1.54, 1.807) is 31.4 Å². The summed E-state index contributed by atoms with van der Waals surface area (Å²) < 4.78 is 33.8. The van der Waals surface area contributed by atoms with E-state index in [2.05, 4.69) is 24.7 Å². The van der Waals surface area contributed by atoms with Crippen LogP contribution in [0, 0.1) is 11.8 Å². The van der Waals surface area contributed by atoms with Gasteiger partial charge >= 0.3 is 0 Å². The Bertz CT molecular complexity index is 864.